The molecule has 6 nitrogen and oxygen atoms in total. The number of oxime groups is 1. The van der Waals surface area contributed by atoms with Gasteiger partial charge >= 0.3 is 0 Å². The van der Waals surface area contributed by atoms with Gasteiger partial charge in [0.15, 0.2) is 5.84 Å². The van der Waals surface area contributed by atoms with E-state index >= 15 is 0 Å². The zero-order valence-corrected chi connectivity index (χ0v) is 9.11. The second-order valence-electron chi connectivity index (χ2n) is 2.90. The summed E-state index contributed by atoms with van der Waals surface area (Å²) in [5.41, 5.74) is 6.19. The van der Waals surface area contributed by atoms with E-state index in [1.54, 1.807) is 6.07 Å². The molecule has 7 heteroatoms. The van der Waals surface area contributed by atoms with E-state index in [4.69, 9.17) is 22.5 Å². The van der Waals surface area contributed by atoms with Crippen LogP contribution in [0.15, 0.2) is 23.5 Å². The number of nitrogens with two attached hydrogens (primary N) is 1. The van der Waals surface area contributed by atoms with Gasteiger partial charge in [0.1, 0.15) is 5.69 Å². The monoisotopic (exact) mass is 242 g/mol. The van der Waals surface area contributed by atoms with Crippen molar-refractivity contribution in [2.24, 2.45) is 10.9 Å². The number of nitrogens with zero attached hydrogens (tertiary/aromatic N) is 2. The molecule has 0 atom stereocenters. The number of amidine groups is 1. The van der Waals surface area contributed by atoms with Crippen LogP contribution in [0.1, 0.15) is 12.1 Å². The number of halogens is 1. The number of hydrogen-bond acceptors (Lipinski definition) is 4. The Hall–Kier alpha value is -1.82. The Bertz CT molecular complexity index is 391. The summed E-state index contributed by atoms with van der Waals surface area (Å²) in [7, 11) is 0. The fourth-order valence-electron chi connectivity index (χ4n) is 0.980. The first-order chi connectivity index (χ1) is 7.67. The van der Waals surface area contributed by atoms with Crippen molar-refractivity contribution in [3.63, 3.8) is 0 Å². The summed E-state index contributed by atoms with van der Waals surface area (Å²) in [5.74, 6) is -0.00597. The largest absolute Gasteiger partial charge is 0.409 e. The molecular formula is C9H11ClN4O2. The van der Waals surface area contributed by atoms with Gasteiger partial charge in [0.25, 0.3) is 0 Å². The van der Waals surface area contributed by atoms with Crippen molar-refractivity contribution in [1.82, 2.24) is 4.98 Å². The molecule has 0 aliphatic rings. The number of rotatable bonds is 4. The summed E-state index contributed by atoms with van der Waals surface area (Å²) in [6.45, 7) is 0. The van der Waals surface area contributed by atoms with Crippen LogP contribution in [-0.4, -0.2) is 27.8 Å². The molecule has 16 heavy (non-hydrogen) atoms. The predicted octanol–water partition coefficient (Wildman–Crippen LogP) is 0.743. The topological polar surface area (TPSA) is 101 Å². The minimum Gasteiger partial charge on any atom is -0.409 e. The average molecular weight is 243 g/mol. The molecule has 1 aromatic rings. The van der Waals surface area contributed by atoms with Crippen LogP contribution in [0.3, 0.4) is 0 Å². The Kier molecular flexibility index (Phi) is 4.53. The first-order valence-corrected chi connectivity index (χ1v) is 5.00. The van der Waals surface area contributed by atoms with Gasteiger partial charge in [-0.2, -0.15) is 0 Å². The molecule has 1 rings (SSSR count). The molecular weight excluding hydrogens is 232 g/mol. The van der Waals surface area contributed by atoms with Crippen LogP contribution >= 0.6 is 11.6 Å². The standard InChI is InChI=1S/C9H11ClN4O2/c10-4-3-8(15)13-6-1-2-7(12-5-6)9(11)14-16/h1-2,5,16H,3-4H2,(H2,11,14)(H,13,15). The predicted molar refractivity (Wildman–Crippen MR) is 60.7 cm³/mol. The van der Waals surface area contributed by atoms with Crippen LogP contribution in [-0.2, 0) is 4.79 Å². The molecule has 0 aliphatic carbocycles. The van der Waals surface area contributed by atoms with Crippen molar-refractivity contribution < 1.29 is 10.0 Å². The molecule has 0 fully saturated rings. The minimum atomic E-state index is -0.187. The maximum atomic E-state index is 11.2. The van der Waals surface area contributed by atoms with Gasteiger partial charge in [-0.25, -0.2) is 0 Å². The van der Waals surface area contributed by atoms with Crippen LogP contribution in [0.5, 0.6) is 0 Å². The molecule has 0 spiro atoms. The van der Waals surface area contributed by atoms with Crippen molar-refractivity contribution in [3.8, 4) is 0 Å². The van der Waals surface area contributed by atoms with Gasteiger partial charge in [-0.15, -0.1) is 11.6 Å². The minimum absolute atomic E-state index is 0.0846. The Morgan fingerprint density at radius 2 is 2.38 bits per heavy atom. The molecule has 4 N–H and O–H groups in total. The van der Waals surface area contributed by atoms with Crippen LogP contribution in [0.4, 0.5) is 5.69 Å². The maximum Gasteiger partial charge on any atom is 0.225 e. The van der Waals surface area contributed by atoms with Gasteiger partial charge in [-0.1, -0.05) is 5.16 Å². The van der Waals surface area contributed by atoms with Crippen LogP contribution < -0.4 is 11.1 Å². The van der Waals surface area contributed by atoms with Gasteiger partial charge in [-0.3, -0.25) is 9.78 Å². The summed E-state index contributed by atoms with van der Waals surface area (Å²) < 4.78 is 0. The molecule has 1 heterocycles. The van der Waals surface area contributed by atoms with E-state index in [0.29, 0.717) is 11.4 Å². The number of carbonyl (C=O) groups is 1. The SMILES string of the molecule is NC(=NO)c1ccc(NC(=O)CCCl)cn1. The van der Waals surface area contributed by atoms with E-state index in [-0.39, 0.29) is 24.0 Å². The summed E-state index contributed by atoms with van der Waals surface area (Å²) in [4.78, 5) is 15.1. The number of amides is 1. The summed E-state index contributed by atoms with van der Waals surface area (Å²) in [5, 5.41) is 13.8. The summed E-state index contributed by atoms with van der Waals surface area (Å²) in [6, 6.07) is 3.14. The number of anilines is 1. The lowest BCUT2D eigenvalue weighted by Crippen LogP contribution is -2.16. The van der Waals surface area contributed by atoms with Gasteiger partial charge in [0, 0.05) is 12.3 Å². The van der Waals surface area contributed by atoms with Gasteiger partial charge in [0.2, 0.25) is 5.91 Å². The average Bonchev–Trinajstić information content (AvgIpc) is 2.29. The van der Waals surface area contributed by atoms with E-state index < -0.39 is 0 Å². The van der Waals surface area contributed by atoms with Gasteiger partial charge in [-0.05, 0) is 12.1 Å². The van der Waals surface area contributed by atoms with Crippen LogP contribution in [0, 0.1) is 0 Å². The molecule has 0 radical (unpaired) electrons. The van der Waals surface area contributed by atoms with E-state index in [0.717, 1.165) is 0 Å². The van der Waals surface area contributed by atoms with Crippen molar-refractivity contribution in [3.05, 3.63) is 24.0 Å². The Balaban J connectivity index is 2.68. The van der Waals surface area contributed by atoms with Crippen molar-refractivity contribution in [2.75, 3.05) is 11.2 Å². The highest BCUT2D eigenvalue weighted by molar-refractivity contribution is 6.19. The summed E-state index contributed by atoms with van der Waals surface area (Å²) in [6.07, 6.45) is 1.66. The molecule has 0 unspecified atom stereocenters. The molecule has 0 aromatic carbocycles. The first-order valence-electron chi connectivity index (χ1n) is 4.47. The Morgan fingerprint density at radius 1 is 1.62 bits per heavy atom. The van der Waals surface area contributed by atoms with E-state index in [1.165, 1.54) is 12.3 Å². The fraction of sp³-hybridized carbons (Fsp3) is 0.222. The molecule has 0 aliphatic heterocycles. The second kappa shape index (κ2) is 5.92. The number of pyridine rings is 1. The third kappa shape index (κ3) is 3.39. The molecule has 86 valence electrons. The molecule has 1 aromatic heterocycles. The third-order valence-corrected chi connectivity index (χ3v) is 1.93. The fourth-order valence-corrected chi connectivity index (χ4v) is 1.15. The van der Waals surface area contributed by atoms with Gasteiger partial charge < -0.3 is 16.3 Å². The maximum absolute atomic E-state index is 11.2. The number of carbonyl (C=O) groups excluding carboxylic acids is 1. The normalized spacial score (nSPS) is 11.2. The second-order valence-corrected chi connectivity index (χ2v) is 3.28. The number of hydrogen-bond donors (Lipinski definition) is 3. The van der Waals surface area contributed by atoms with Crippen molar-refractivity contribution >= 4 is 29.0 Å². The number of nitrogens with one attached hydrogen (secondary N) is 1. The van der Waals surface area contributed by atoms with Gasteiger partial charge in [0.05, 0.1) is 11.9 Å². The lowest BCUT2D eigenvalue weighted by Gasteiger charge is -2.04. The lowest BCUT2D eigenvalue weighted by molar-refractivity contribution is -0.115. The van der Waals surface area contributed by atoms with E-state index in [1.807, 2.05) is 0 Å². The molecule has 0 saturated heterocycles. The van der Waals surface area contributed by atoms with E-state index in [2.05, 4.69) is 15.5 Å². The van der Waals surface area contributed by atoms with E-state index in [9.17, 15) is 4.79 Å². The van der Waals surface area contributed by atoms with Crippen molar-refractivity contribution in [2.45, 2.75) is 6.42 Å². The Labute approximate surface area is 97.1 Å². The molecule has 0 bridgehead atoms. The molecule has 1 amide bonds. The van der Waals surface area contributed by atoms with Crippen LogP contribution in [0.25, 0.3) is 0 Å². The number of aromatic nitrogens is 1. The molecule has 0 saturated carbocycles. The van der Waals surface area contributed by atoms with Crippen molar-refractivity contribution in [1.29, 1.82) is 0 Å². The quantitative estimate of drug-likeness (QED) is 0.238. The Morgan fingerprint density at radius 3 is 2.88 bits per heavy atom. The highest BCUT2D eigenvalue weighted by Gasteiger charge is 2.03. The highest BCUT2D eigenvalue weighted by atomic mass is 35.5. The highest BCUT2D eigenvalue weighted by Crippen LogP contribution is 2.06. The summed E-state index contributed by atoms with van der Waals surface area (Å²) >= 11 is 5.41. The third-order valence-electron chi connectivity index (χ3n) is 1.74. The lowest BCUT2D eigenvalue weighted by atomic mass is 10.3. The number of alkyl halides is 1. The first kappa shape index (κ1) is 12.3. The van der Waals surface area contributed by atoms with Crippen LogP contribution in [0.2, 0.25) is 0 Å². The zero-order chi connectivity index (χ0) is 12.0. The smallest absolute Gasteiger partial charge is 0.225 e. The zero-order valence-electron chi connectivity index (χ0n) is 8.35.